The van der Waals surface area contributed by atoms with E-state index in [1.807, 2.05) is 0 Å². The minimum atomic E-state index is 0.460. The molecule has 1 heterocycles. The molecule has 0 aromatic carbocycles. The number of halogens is 2. The van der Waals surface area contributed by atoms with E-state index in [9.17, 15) is 0 Å². The smallest absolute Gasteiger partial charge is 0.130 e. The summed E-state index contributed by atoms with van der Waals surface area (Å²) in [4.78, 5) is 6.57. The molecule has 1 aliphatic carbocycles. The standard InChI is InChI=1S/C12H16Cl2N2/c1-2-5-16(10-3-4-10)8-9-7-15-12(14)6-11(9)13/h6-7,10H,2-5,8H2,1H3. The quantitative estimate of drug-likeness (QED) is 0.748. The average Bonchev–Trinajstić information content (AvgIpc) is 3.04. The van der Waals surface area contributed by atoms with E-state index >= 15 is 0 Å². The van der Waals surface area contributed by atoms with Gasteiger partial charge in [0.1, 0.15) is 5.15 Å². The van der Waals surface area contributed by atoms with E-state index in [1.165, 1.54) is 19.3 Å². The van der Waals surface area contributed by atoms with Crippen molar-refractivity contribution in [1.29, 1.82) is 0 Å². The summed E-state index contributed by atoms with van der Waals surface area (Å²) in [5.74, 6) is 0. The number of aromatic nitrogens is 1. The Bertz CT molecular complexity index is 364. The first-order chi connectivity index (χ1) is 7.70. The van der Waals surface area contributed by atoms with Crippen molar-refractivity contribution < 1.29 is 0 Å². The van der Waals surface area contributed by atoms with Gasteiger partial charge in [0.25, 0.3) is 0 Å². The van der Waals surface area contributed by atoms with E-state index in [-0.39, 0.29) is 0 Å². The van der Waals surface area contributed by atoms with Gasteiger partial charge in [-0.25, -0.2) is 4.98 Å². The zero-order valence-corrected chi connectivity index (χ0v) is 10.9. The summed E-state index contributed by atoms with van der Waals surface area (Å²) in [6, 6.07) is 2.47. The Morgan fingerprint density at radius 3 is 2.75 bits per heavy atom. The molecule has 1 aliphatic rings. The molecule has 0 aliphatic heterocycles. The molecule has 4 heteroatoms. The van der Waals surface area contributed by atoms with Crippen LogP contribution in [0.3, 0.4) is 0 Å². The van der Waals surface area contributed by atoms with Crippen LogP contribution in [-0.2, 0) is 6.54 Å². The lowest BCUT2D eigenvalue weighted by atomic mass is 10.2. The second-order valence-electron chi connectivity index (χ2n) is 4.30. The second-order valence-corrected chi connectivity index (χ2v) is 5.09. The van der Waals surface area contributed by atoms with Crippen LogP contribution in [0.15, 0.2) is 12.3 Å². The number of hydrogen-bond acceptors (Lipinski definition) is 2. The maximum Gasteiger partial charge on any atom is 0.130 e. The first-order valence-electron chi connectivity index (χ1n) is 5.74. The van der Waals surface area contributed by atoms with Crippen molar-refractivity contribution in [2.75, 3.05) is 6.54 Å². The van der Waals surface area contributed by atoms with E-state index < -0.39 is 0 Å². The van der Waals surface area contributed by atoms with Crippen molar-refractivity contribution in [2.45, 2.75) is 38.8 Å². The van der Waals surface area contributed by atoms with Crippen molar-refractivity contribution in [3.8, 4) is 0 Å². The highest BCUT2D eigenvalue weighted by atomic mass is 35.5. The van der Waals surface area contributed by atoms with Crippen LogP contribution >= 0.6 is 23.2 Å². The fraction of sp³-hybridized carbons (Fsp3) is 0.583. The van der Waals surface area contributed by atoms with E-state index in [0.717, 1.165) is 29.7 Å². The van der Waals surface area contributed by atoms with Gasteiger partial charge >= 0.3 is 0 Å². The van der Waals surface area contributed by atoms with Crippen LogP contribution in [0.4, 0.5) is 0 Å². The summed E-state index contributed by atoms with van der Waals surface area (Å²) >= 11 is 11.9. The van der Waals surface area contributed by atoms with Crippen LogP contribution in [0.5, 0.6) is 0 Å². The lowest BCUT2D eigenvalue weighted by Gasteiger charge is -2.21. The first-order valence-corrected chi connectivity index (χ1v) is 6.50. The Balaban J connectivity index is 2.05. The minimum Gasteiger partial charge on any atom is -0.296 e. The van der Waals surface area contributed by atoms with Gasteiger partial charge in [0.15, 0.2) is 0 Å². The topological polar surface area (TPSA) is 16.1 Å². The lowest BCUT2D eigenvalue weighted by Crippen LogP contribution is -2.26. The molecular formula is C12H16Cl2N2. The fourth-order valence-corrected chi connectivity index (χ4v) is 2.31. The van der Waals surface area contributed by atoms with E-state index in [4.69, 9.17) is 23.2 Å². The van der Waals surface area contributed by atoms with E-state index in [0.29, 0.717) is 5.15 Å². The van der Waals surface area contributed by atoms with Crippen LogP contribution in [0, 0.1) is 0 Å². The zero-order valence-electron chi connectivity index (χ0n) is 9.42. The molecule has 2 rings (SSSR count). The monoisotopic (exact) mass is 258 g/mol. The highest BCUT2D eigenvalue weighted by Crippen LogP contribution is 2.30. The van der Waals surface area contributed by atoms with Gasteiger partial charge in [-0.3, -0.25) is 4.90 Å². The van der Waals surface area contributed by atoms with Gasteiger partial charge in [-0.05, 0) is 31.9 Å². The summed E-state index contributed by atoms with van der Waals surface area (Å²) in [7, 11) is 0. The second kappa shape index (κ2) is 5.35. The van der Waals surface area contributed by atoms with Crippen molar-refractivity contribution in [1.82, 2.24) is 9.88 Å². The molecule has 0 amide bonds. The SMILES string of the molecule is CCCN(Cc1cnc(Cl)cc1Cl)C1CC1. The Kier molecular flexibility index (Phi) is 4.06. The summed E-state index contributed by atoms with van der Waals surface area (Å²) in [5, 5.41) is 1.18. The predicted octanol–water partition coefficient (Wildman–Crippen LogP) is 3.76. The van der Waals surface area contributed by atoms with Gasteiger partial charge in [0.05, 0.1) is 0 Å². The third-order valence-corrected chi connectivity index (χ3v) is 3.40. The van der Waals surface area contributed by atoms with Crippen molar-refractivity contribution in [2.24, 2.45) is 0 Å². The molecule has 0 bridgehead atoms. The molecule has 0 saturated heterocycles. The number of hydrogen-bond donors (Lipinski definition) is 0. The van der Waals surface area contributed by atoms with Gasteiger partial charge in [-0.1, -0.05) is 30.1 Å². The molecule has 0 atom stereocenters. The molecule has 0 N–H and O–H groups in total. The highest BCUT2D eigenvalue weighted by molar-refractivity contribution is 6.34. The number of nitrogens with zero attached hydrogens (tertiary/aromatic N) is 2. The molecular weight excluding hydrogens is 243 g/mol. The average molecular weight is 259 g/mol. The van der Waals surface area contributed by atoms with Gasteiger partial charge in [0.2, 0.25) is 0 Å². The molecule has 1 fully saturated rings. The minimum absolute atomic E-state index is 0.460. The summed E-state index contributed by atoms with van der Waals surface area (Å²) in [6.07, 6.45) is 5.60. The number of rotatable bonds is 5. The third kappa shape index (κ3) is 3.09. The van der Waals surface area contributed by atoms with Gasteiger partial charge in [0, 0.05) is 29.4 Å². The highest BCUT2D eigenvalue weighted by Gasteiger charge is 2.28. The molecule has 0 radical (unpaired) electrons. The molecule has 1 aromatic rings. The van der Waals surface area contributed by atoms with Gasteiger partial charge < -0.3 is 0 Å². The van der Waals surface area contributed by atoms with Crippen LogP contribution < -0.4 is 0 Å². The van der Waals surface area contributed by atoms with E-state index in [2.05, 4.69) is 16.8 Å². The normalized spacial score (nSPS) is 15.8. The summed E-state index contributed by atoms with van der Waals surface area (Å²) in [5.41, 5.74) is 1.08. The van der Waals surface area contributed by atoms with Crippen molar-refractivity contribution >= 4 is 23.2 Å². The largest absolute Gasteiger partial charge is 0.296 e. The van der Waals surface area contributed by atoms with Gasteiger partial charge in [-0.15, -0.1) is 0 Å². The molecule has 88 valence electrons. The third-order valence-electron chi connectivity index (χ3n) is 2.84. The fourth-order valence-electron chi connectivity index (χ4n) is 1.89. The molecule has 2 nitrogen and oxygen atoms in total. The Morgan fingerprint density at radius 2 is 2.19 bits per heavy atom. The molecule has 1 aromatic heterocycles. The van der Waals surface area contributed by atoms with Crippen LogP contribution in [0.2, 0.25) is 10.2 Å². The molecule has 16 heavy (non-hydrogen) atoms. The van der Waals surface area contributed by atoms with Gasteiger partial charge in [-0.2, -0.15) is 0 Å². The number of pyridine rings is 1. The zero-order chi connectivity index (χ0) is 11.5. The van der Waals surface area contributed by atoms with Crippen LogP contribution in [-0.4, -0.2) is 22.5 Å². The van der Waals surface area contributed by atoms with Crippen LogP contribution in [0.1, 0.15) is 31.7 Å². The maximum atomic E-state index is 6.15. The van der Waals surface area contributed by atoms with Crippen molar-refractivity contribution in [3.63, 3.8) is 0 Å². The lowest BCUT2D eigenvalue weighted by molar-refractivity contribution is 0.255. The van der Waals surface area contributed by atoms with Crippen molar-refractivity contribution in [3.05, 3.63) is 28.0 Å². The predicted molar refractivity (Wildman–Crippen MR) is 68.0 cm³/mol. The summed E-state index contributed by atoms with van der Waals surface area (Å²) < 4.78 is 0. The Labute approximate surface area is 107 Å². The summed E-state index contributed by atoms with van der Waals surface area (Å²) in [6.45, 7) is 4.22. The van der Waals surface area contributed by atoms with E-state index in [1.54, 1.807) is 12.3 Å². The molecule has 0 spiro atoms. The first kappa shape index (κ1) is 12.2. The molecule has 1 saturated carbocycles. The van der Waals surface area contributed by atoms with Crippen LogP contribution in [0.25, 0.3) is 0 Å². The maximum absolute atomic E-state index is 6.15. The molecule has 0 unspecified atom stereocenters. The Morgan fingerprint density at radius 1 is 1.44 bits per heavy atom. The Hall–Kier alpha value is -0.310.